The number of benzene rings is 1. The van der Waals surface area contributed by atoms with E-state index in [0.717, 1.165) is 29.7 Å². The third-order valence-corrected chi connectivity index (χ3v) is 6.39. The van der Waals surface area contributed by atoms with Gasteiger partial charge in [-0.2, -0.15) is 4.80 Å². The molecule has 0 aliphatic carbocycles. The van der Waals surface area contributed by atoms with Gasteiger partial charge in [-0.25, -0.2) is 0 Å². The maximum atomic E-state index is 13.3. The lowest BCUT2D eigenvalue weighted by atomic mass is 9.92. The van der Waals surface area contributed by atoms with Crippen LogP contribution in [0.4, 0.5) is 5.69 Å². The fourth-order valence-corrected chi connectivity index (χ4v) is 4.32. The number of nitrogens with zero attached hydrogens (tertiary/aromatic N) is 5. The highest BCUT2D eigenvalue weighted by atomic mass is 16.6. The van der Waals surface area contributed by atoms with Gasteiger partial charge in [0.2, 0.25) is 11.5 Å². The van der Waals surface area contributed by atoms with Crippen LogP contribution in [0.1, 0.15) is 128 Å². The molecule has 1 heterocycles. The maximum absolute atomic E-state index is 13.3. The number of aromatic nitrogens is 4. The number of carbonyl (C=O) groups excluding carboxylic acids is 1. The van der Waals surface area contributed by atoms with E-state index in [4.69, 9.17) is 4.84 Å². The molecule has 2 aromatic rings. The Morgan fingerprint density at radius 3 is 2.03 bits per heavy atom. The van der Waals surface area contributed by atoms with Crippen LogP contribution >= 0.6 is 0 Å². The lowest BCUT2D eigenvalue weighted by molar-refractivity contribution is -0.110. The fourth-order valence-electron chi connectivity index (χ4n) is 4.32. The first kappa shape index (κ1) is 29.5. The van der Waals surface area contributed by atoms with Crippen molar-refractivity contribution < 1.29 is 9.63 Å². The average molecular weight is 499 g/mol. The van der Waals surface area contributed by atoms with Crippen molar-refractivity contribution in [1.82, 2.24) is 20.2 Å². The van der Waals surface area contributed by atoms with Crippen molar-refractivity contribution in [3.63, 3.8) is 0 Å². The molecule has 200 valence electrons. The Kier molecular flexibility index (Phi) is 13.1. The van der Waals surface area contributed by atoms with Crippen LogP contribution in [-0.4, -0.2) is 38.9 Å². The topological polar surface area (TPSA) is 94.3 Å². The summed E-state index contributed by atoms with van der Waals surface area (Å²) < 4.78 is 0. The van der Waals surface area contributed by atoms with Gasteiger partial charge in [0.15, 0.2) is 0 Å². The first-order chi connectivity index (χ1) is 17.4. The zero-order valence-electron chi connectivity index (χ0n) is 23.2. The Balaban J connectivity index is 1.95. The molecule has 8 heteroatoms. The molecule has 0 saturated carbocycles. The van der Waals surface area contributed by atoms with Crippen LogP contribution in [0.5, 0.6) is 0 Å². The Morgan fingerprint density at radius 2 is 1.50 bits per heavy atom. The van der Waals surface area contributed by atoms with Crippen LogP contribution in [0.15, 0.2) is 23.4 Å². The quantitative estimate of drug-likeness (QED) is 0.146. The summed E-state index contributed by atoms with van der Waals surface area (Å²) in [7, 11) is 1.41. The summed E-state index contributed by atoms with van der Waals surface area (Å²) in [6.45, 7) is 11.4. The van der Waals surface area contributed by atoms with Crippen LogP contribution in [0.3, 0.4) is 0 Å². The molecule has 1 N–H and O–H groups in total. The maximum Gasteiger partial charge on any atom is 0.281 e. The minimum absolute atomic E-state index is 0.0140. The van der Waals surface area contributed by atoms with Crippen molar-refractivity contribution in [2.45, 2.75) is 117 Å². The molecule has 0 aliphatic rings. The minimum Gasteiger partial charge on any atom is -0.398 e. The summed E-state index contributed by atoms with van der Waals surface area (Å²) in [5.41, 5.74) is 2.97. The second-order valence-electron chi connectivity index (χ2n) is 10.1. The van der Waals surface area contributed by atoms with Crippen molar-refractivity contribution in [2.75, 3.05) is 12.4 Å². The second-order valence-corrected chi connectivity index (χ2v) is 10.1. The Morgan fingerprint density at radius 1 is 0.944 bits per heavy atom. The van der Waals surface area contributed by atoms with E-state index < -0.39 is 5.91 Å². The number of para-hydroxylation sites is 1. The number of nitrogens with one attached hydrogen (secondary N) is 1. The first-order valence-corrected chi connectivity index (χ1v) is 13.7. The van der Waals surface area contributed by atoms with Gasteiger partial charge < -0.3 is 10.2 Å². The zero-order chi connectivity index (χ0) is 26.3. The monoisotopic (exact) mass is 498 g/mol. The van der Waals surface area contributed by atoms with Gasteiger partial charge in [-0.3, -0.25) is 4.79 Å². The van der Waals surface area contributed by atoms with Gasteiger partial charge in [-0.05, 0) is 34.6 Å². The summed E-state index contributed by atoms with van der Waals surface area (Å²) in [6.07, 6.45) is 12.7. The van der Waals surface area contributed by atoms with Gasteiger partial charge in [0.05, 0.1) is 6.54 Å². The largest absolute Gasteiger partial charge is 0.398 e. The number of carbonyl (C=O) groups is 1. The Bertz CT molecular complexity index is 925. The second kappa shape index (κ2) is 16.1. The molecule has 0 fully saturated rings. The standard InChI is InChI=1S/C28H46N6O2/c1-7-8-9-10-11-12-13-14-15-16-20-34-31-27(30-33-34)26(32-36-6)28(35)29-25-23(21(2)3)18-17-19-24(25)22(4)5/h17-19,21-22H,7-16,20H2,1-6H3,(H,29,35)/b32-26-. The molecule has 0 bridgehead atoms. The number of aryl methyl sites for hydroxylation is 1. The number of hydrogen-bond acceptors (Lipinski definition) is 6. The predicted molar refractivity (Wildman–Crippen MR) is 146 cm³/mol. The van der Waals surface area contributed by atoms with Crippen LogP contribution in [0.2, 0.25) is 0 Å². The molecule has 1 aromatic carbocycles. The number of rotatable bonds is 17. The van der Waals surface area contributed by atoms with E-state index in [1.807, 2.05) is 18.2 Å². The number of oxime groups is 1. The molecule has 0 aliphatic heterocycles. The number of anilines is 1. The Labute approximate surface area is 217 Å². The molecule has 0 unspecified atom stereocenters. The molecule has 1 aromatic heterocycles. The summed E-state index contributed by atoms with van der Waals surface area (Å²) in [5, 5.41) is 19.6. The normalized spacial score (nSPS) is 11.9. The highest BCUT2D eigenvalue weighted by Gasteiger charge is 2.24. The molecule has 8 nitrogen and oxygen atoms in total. The van der Waals surface area contributed by atoms with Gasteiger partial charge in [0.1, 0.15) is 7.11 Å². The van der Waals surface area contributed by atoms with Crippen molar-refractivity contribution in [3.8, 4) is 0 Å². The molecule has 0 spiro atoms. The molecule has 36 heavy (non-hydrogen) atoms. The van der Waals surface area contributed by atoms with E-state index in [-0.39, 0.29) is 23.4 Å². The lowest BCUT2D eigenvalue weighted by Gasteiger charge is -2.20. The van der Waals surface area contributed by atoms with Gasteiger partial charge in [0.25, 0.3) is 5.91 Å². The van der Waals surface area contributed by atoms with Gasteiger partial charge >= 0.3 is 0 Å². The highest BCUT2D eigenvalue weighted by Crippen LogP contribution is 2.32. The molecule has 0 saturated heterocycles. The van der Waals surface area contributed by atoms with E-state index in [1.54, 1.807) is 4.80 Å². The van der Waals surface area contributed by atoms with E-state index in [9.17, 15) is 4.79 Å². The summed E-state index contributed by atoms with van der Waals surface area (Å²) in [4.78, 5) is 19.8. The molecule has 0 radical (unpaired) electrons. The van der Waals surface area contributed by atoms with Crippen molar-refractivity contribution in [3.05, 3.63) is 35.2 Å². The minimum atomic E-state index is -0.412. The summed E-state index contributed by atoms with van der Waals surface area (Å²) in [5.74, 6) is 0.253. The SMILES string of the molecule is CCCCCCCCCCCCn1nnc(/C(=N/OC)C(=O)Nc2c(C(C)C)cccc2C(C)C)n1. The van der Waals surface area contributed by atoms with Crippen molar-refractivity contribution in [2.24, 2.45) is 5.16 Å². The molecule has 1 amide bonds. The summed E-state index contributed by atoms with van der Waals surface area (Å²) in [6, 6.07) is 6.12. The van der Waals surface area contributed by atoms with Crippen molar-refractivity contribution >= 4 is 17.3 Å². The highest BCUT2D eigenvalue weighted by molar-refractivity contribution is 6.47. The zero-order valence-corrected chi connectivity index (χ0v) is 23.2. The number of tetrazole rings is 1. The first-order valence-electron chi connectivity index (χ1n) is 13.7. The number of amides is 1. The summed E-state index contributed by atoms with van der Waals surface area (Å²) >= 11 is 0. The van der Waals surface area contributed by atoms with Crippen LogP contribution in [-0.2, 0) is 16.2 Å². The van der Waals surface area contributed by atoms with Gasteiger partial charge in [0, 0.05) is 5.69 Å². The lowest BCUT2D eigenvalue weighted by Crippen LogP contribution is -2.27. The Hall–Kier alpha value is -2.77. The van der Waals surface area contributed by atoms with Crippen molar-refractivity contribution in [1.29, 1.82) is 0 Å². The number of hydrogen-bond donors (Lipinski definition) is 1. The van der Waals surface area contributed by atoms with Gasteiger partial charge in [-0.15, -0.1) is 10.2 Å². The molecular formula is C28H46N6O2. The molecule has 0 atom stereocenters. The fraction of sp³-hybridized carbons (Fsp3) is 0.679. The van der Waals surface area contributed by atoms with E-state index in [0.29, 0.717) is 6.54 Å². The number of unbranched alkanes of at least 4 members (excludes halogenated alkanes) is 9. The third-order valence-electron chi connectivity index (χ3n) is 6.39. The van der Waals surface area contributed by atoms with E-state index in [1.165, 1.54) is 58.5 Å². The van der Waals surface area contributed by atoms with Crippen LogP contribution in [0, 0.1) is 0 Å². The van der Waals surface area contributed by atoms with E-state index >= 15 is 0 Å². The van der Waals surface area contributed by atoms with Crippen LogP contribution in [0.25, 0.3) is 0 Å². The predicted octanol–water partition coefficient (Wildman–Crippen LogP) is 6.83. The van der Waals surface area contributed by atoms with Gasteiger partial charge in [-0.1, -0.05) is 116 Å². The molecular weight excluding hydrogens is 452 g/mol. The van der Waals surface area contributed by atoms with Crippen LogP contribution < -0.4 is 5.32 Å². The molecule has 2 rings (SSSR count). The average Bonchev–Trinajstić information content (AvgIpc) is 3.31. The smallest absolute Gasteiger partial charge is 0.281 e. The van der Waals surface area contributed by atoms with E-state index in [2.05, 4.69) is 60.5 Å². The third kappa shape index (κ3) is 9.36.